The molecule has 2 heteroatoms. The van der Waals surface area contributed by atoms with E-state index in [9.17, 15) is 0 Å². The highest BCUT2D eigenvalue weighted by Crippen LogP contribution is 2.31. The lowest BCUT2D eigenvalue weighted by molar-refractivity contribution is 0.147. The first-order valence-corrected chi connectivity index (χ1v) is 8.12. The summed E-state index contributed by atoms with van der Waals surface area (Å²) in [5, 5.41) is 0. The smallest absolute Gasteiger partial charge is 0.217 e. The van der Waals surface area contributed by atoms with Gasteiger partial charge in [-0.25, -0.2) is 0 Å². The van der Waals surface area contributed by atoms with Crippen molar-refractivity contribution in [3.05, 3.63) is 0 Å². The first-order chi connectivity index (χ1) is 7.02. The third-order valence-corrected chi connectivity index (χ3v) is 6.44. The van der Waals surface area contributed by atoms with Gasteiger partial charge in [-0.05, 0) is 36.8 Å². The van der Waals surface area contributed by atoms with Crippen LogP contribution in [0.4, 0.5) is 0 Å². The Morgan fingerprint density at radius 1 is 0.933 bits per heavy atom. The van der Waals surface area contributed by atoms with Crippen molar-refractivity contribution in [1.82, 2.24) is 0 Å². The maximum Gasteiger partial charge on any atom is 0.217 e. The molecule has 0 aromatic rings. The first kappa shape index (κ1) is 13.2. The van der Waals surface area contributed by atoms with Crippen molar-refractivity contribution in [1.29, 1.82) is 0 Å². The minimum atomic E-state index is -0.614. The second kappa shape index (κ2) is 6.05. The minimum Gasteiger partial charge on any atom is -0.413 e. The van der Waals surface area contributed by atoms with E-state index in [0.29, 0.717) is 6.10 Å². The van der Waals surface area contributed by atoms with Crippen LogP contribution in [0.15, 0.2) is 0 Å². The number of hydrogen-bond donors (Lipinski definition) is 0. The zero-order valence-corrected chi connectivity index (χ0v) is 12.0. The Kier molecular flexibility index (Phi) is 5.34. The molecule has 1 rings (SSSR count). The van der Waals surface area contributed by atoms with E-state index in [2.05, 4.69) is 34.6 Å². The van der Waals surface area contributed by atoms with Gasteiger partial charge in [0.1, 0.15) is 0 Å². The van der Waals surface area contributed by atoms with Crippen molar-refractivity contribution >= 4 is 9.04 Å². The van der Waals surface area contributed by atoms with Gasteiger partial charge in [-0.2, -0.15) is 0 Å². The van der Waals surface area contributed by atoms with Gasteiger partial charge >= 0.3 is 0 Å². The Labute approximate surface area is 97.3 Å². The molecule has 0 aromatic carbocycles. The third-order valence-electron chi connectivity index (χ3n) is 3.52. The van der Waals surface area contributed by atoms with E-state index in [1.54, 1.807) is 0 Å². The molecule has 0 bridgehead atoms. The fourth-order valence-corrected chi connectivity index (χ4v) is 5.18. The van der Waals surface area contributed by atoms with Gasteiger partial charge in [0, 0.05) is 6.10 Å². The molecular formula is C13H27OSi. The summed E-state index contributed by atoms with van der Waals surface area (Å²) in [5.74, 6) is 0.850. The summed E-state index contributed by atoms with van der Waals surface area (Å²) in [5.41, 5.74) is 1.47. The molecule has 1 fully saturated rings. The van der Waals surface area contributed by atoms with E-state index < -0.39 is 9.04 Å². The second-order valence-electron chi connectivity index (χ2n) is 5.58. The highest BCUT2D eigenvalue weighted by molar-refractivity contribution is 6.55. The van der Waals surface area contributed by atoms with E-state index in [-0.39, 0.29) is 0 Å². The largest absolute Gasteiger partial charge is 0.413 e. The molecule has 0 aliphatic heterocycles. The maximum atomic E-state index is 6.36. The molecule has 1 atom stereocenters. The lowest BCUT2D eigenvalue weighted by Crippen LogP contribution is -2.33. The predicted molar refractivity (Wildman–Crippen MR) is 68.5 cm³/mol. The highest BCUT2D eigenvalue weighted by Gasteiger charge is 2.29. The standard InChI is InChI=1S/C13H27OSi/c1-10(2)15(11(3)4)14-12(5)13-8-6-7-9-13/h10-13H,6-9H2,1-5H3. The molecule has 0 spiro atoms. The molecule has 1 radical (unpaired) electrons. The van der Waals surface area contributed by atoms with Gasteiger partial charge in [0.2, 0.25) is 9.04 Å². The summed E-state index contributed by atoms with van der Waals surface area (Å²) in [6.07, 6.45) is 6.14. The molecule has 0 heterocycles. The van der Waals surface area contributed by atoms with Gasteiger partial charge in [-0.15, -0.1) is 0 Å². The van der Waals surface area contributed by atoms with Crippen molar-refractivity contribution in [3.8, 4) is 0 Å². The predicted octanol–water partition coefficient (Wildman–Crippen LogP) is 4.39. The zero-order valence-electron chi connectivity index (χ0n) is 11.0. The first-order valence-electron chi connectivity index (χ1n) is 6.55. The van der Waals surface area contributed by atoms with E-state index >= 15 is 0 Å². The van der Waals surface area contributed by atoms with Crippen LogP contribution in [0.25, 0.3) is 0 Å². The maximum absolute atomic E-state index is 6.36. The summed E-state index contributed by atoms with van der Waals surface area (Å²) in [7, 11) is -0.614. The molecule has 1 unspecified atom stereocenters. The molecule has 89 valence electrons. The Bertz CT molecular complexity index is 165. The summed E-state index contributed by atoms with van der Waals surface area (Å²) in [6, 6.07) is 0. The molecule has 0 amide bonds. The average molecular weight is 227 g/mol. The van der Waals surface area contributed by atoms with E-state index in [0.717, 1.165) is 17.0 Å². The van der Waals surface area contributed by atoms with Crippen molar-refractivity contribution in [2.45, 2.75) is 77.5 Å². The van der Waals surface area contributed by atoms with Crippen LogP contribution in [-0.2, 0) is 4.43 Å². The Morgan fingerprint density at radius 2 is 1.40 bits per heavy atom. The lowest BCUT2D eigenvalue weighted by Gasteiger charge is -2.29. The zero-order chi connectivity index (χ0) is 11.4. The Hall–Kier alpha value is 0.177. The second-order valence-corrected chi connectivity index (χ2v) is 8.93. The van der Waals surface area contributed by atoms with Crippen LogP contribution in [0.1, 0.15) is 60.3 Å². The number of hydrogen-bond acceptors (Lipinski definition) is 1. The molecule has 0 N–H and O–H groups in total. The van der Waals surface area contributed by atoms with Gasteiger partial charge in [0.25, 0.3) is 0 Å². The quantitative estimate of drug-likeness (QED) is 0.633. The lowest BCUT2D eigenvalue weighted by atomic mass is 10.0. The van der Waals surface area contributed by atoms with Gasteiger partial charge < -0.3 is 4.43 Å². The summed E-state index contributed by atoms with van der Waals surface area (Å²) >= 11 is 0. The van der Waals surface area contributed by atoms with Crippen LogP contribution in [0.3, 0.4) is 0 Å². The minimum absolute atomic E-state index is 0.506. The van der Waals surface area contributed by atoms with E-state index in [1.165, 1.54) is 25.7 Å². The van der Waals surface area contributed by atoms with Gasteiger partial charge in [0.05, 0.1) is 0 Å². The van der Waals surface area contributed by atoms with Gasteiger partial charge in [0.15, 0.2) is 0 Å². The molecule has 1 aliphatic rings. The van der Waals surface area contributed by atoms with Gasteiger partial charge in [-0.1, -0.05) is 40.5 Å². The topological polar surface area (TPSA) is 9.23 Å². The van der Waals surface area contributed by atoms with E-state index in [1.807, 2.05) is 0 Å². The van der Waals surface area contributed by atoms with Crippen LogP contribution in [0, 0.1) is 5.92 Å². The van der Waals surface area contributed by atoms with E-state index in [4.69, 9.17) is 4.43 Å². The fourth-order valence-electron chi connectivity index (χ4n) is 2.68. The van der Waals surface area contributed by atoms with Crippen molar-refractivity contribution < 1.29 is 4.43 Å². The van der Waals surface area contributed by atoms with Gasteiger partial charge in [-0.3, -0.25) is 0 Å². The summed E-state index contributed by atoms with van der Waals surface area (Å²) in [6.45, 7) is 11.6. The van der Waals surface area contributed by atoms with Crippen LogP contribution in [0.5, 0.6) is 0 Å². The summed E-state index contributed by atoms with van der Waals surface area (Å²) < 4.78 is 6.36. The van der Waals surface area contributed by atoms with Crippen LogP contribution in [0.2, 0.25) is 11.1 Å². The monoisotopic (exact) mass is 227 g/mol. The van der Waals surface area contributed by atoms with Crippen molar-refractivity contribution in [2.24, 2.45) is 5.92 Å². The van der Waals surface area contributed by atoms with Crippen LogP contribution >= 0.6 is 0 Å². The average Bonchev–Trinajstić information content (AvgIpc) is 2.65. The molecule has 0 aromatic heterocycles. The third kappa shape index (κ3) is 3.91. The van der Waals surface area contributed by atoms with Crippen LogP contribution in [-0.4, -0.2) is 15.1 Å². The molecule has 1 saturated carbocycles. The Balaban J connectivity index is 2.42. The molecule has 1 nitrogen and oxygen atoms in total. The molecular weight excluding hydrogens is 200 g/mol. The molecule has 1 aliphatic carbocycles. The van der Waals surface area contributed by atoms with Crippen LogP contribution < -0.4 is 0 Å². The van der Waals surface area contributed by atoms with Crippen molar-refractivity contribution in [2.75, 3.05) is 0 Å². The SMILES string of the molecule is CC(O[Si](C(C)C)C(C)C)C1CCCC1. The number of rotatable bonds is 5. The molecule has 0 saturated heterocycles. The fraction of sp³-hybridized carbons (Fsp3) is 1.00. The normalized spacial score (nSPS) is 20.8. The van der Waals surface area contributed by atoms with Crippen molar-refractivity contribution in [3.63, 3.8) is 0 Å². The molecule has 15 heavy (non-hydrogen) atoms. The highest BCUT2D eigenvalue weighted by atomic mass is 28.3. The Morgan fingerprint density at radius 3 is 1.80 bits per heavy atom. The summed E-state index contributed by atoms with van der Waals surface area (Å²) in [4.78, 5) is 0.